The first-order valence-electron chi connectivity index (χ1n) is 10.5. The van der Waals surface area contributed by atoms with Crippen molar-refractivity contribution in [2.24, 2.45) is 0 Å². The lowest BCUT2D eigenvalue weighted by Crippen LogP contribution is -2.42. The van der Waals surface area contributed by atoms with Gasteiger partial charge in [0.15, 0.2) is 5.52 Å². The summed E-state index contributed by atoms with van der Waals surface area (Å²) in [6.07, 6.45) is 0. The summed E-state index contributed by atoms with van der Waals surface area (Å²) < 4.78 is 4.10. The average molecular weight is 431 g/mol. The zero-order valence-corrected chi connectivity index (χ0v) is 18.3. The van der Waals surface area contributed by atoms with Crippen LogP contribution in [-0.2, 0) is 24.4 Å². The van der Waals surface area contributed by atoms with Crippen molar-refractivity contribution >= 4 is 22.6 Å². The van der Waals surface area contributed by atoms with Crippen LogP contribution in [0.1, 0.15) is 23.7 Å². The number of fused-ring (bicyclic) bond motifs is 1. The number of anilines is 1. The Bertz CT molecular complexity index is 1400. The van der Waals surface area contributed by atoms with E-state index in [0.717, 1.165) is 11.1 Å². The van der Waals surface area contributed by atoms with E-state index in [1.165, 1.54) is 9.13 Å². The fourth-order valence-corrected chi connectivity index (χ4v) is 3.82. The quantitative estimate of drug-likeness (QED) is 0.508. The third-order valence-electron chi connectivity index (χ3n) is 5.40. The number of rotatable bonds is 6. The Morgan fingerprint density at radius 2 is 1.62 bits per heavy atom. The zero-order valence-electron chi connectivity index (χ0n) is 18.3. The molecule has 0 saturated heterocycles. The van der Waals surface area contributed by atoms with Gasteiger partial charge in [-0.1, -0.05) is 48.0 Å². The highest BCUT2D eigenvalue weighted by Crippen LogP contribution is 2.15. The van der Waals surface area contributed by atoms with Crippen molar-refractivity contribution < 1.29 is 4.79 Å². The Labute approximate surface area is 184 Å². The molecule has 1 N–H and O–H groups in total. The number of carbonyl (C=O) groups is 1. The molecule has 4 rings (SSSR count). The topological polar surface area (TPSA) is 90.9 Å². The van der Waals surface area contributed by atoms with Gasteiger partial charge < -0.3 is 5.32 Å². The Morgan fingerprint density at radius 1 is 0.938 bits per heavy atom. The zero-order chi connectivity index (χ0) is 22.8. The summed E-state index contributed by atoms with van der Waals surface area (Å²) in [7, 11) is 0. The molecule has 2 aromatic heterocycles. The molecule has 164 valence electrons. The summed E-state index contributed by atoms with van der Waals surface area (Å²) in [6, 6.07) is 16.7. The standard InChI is InChI=1S/C24H25N5O3/c1-4-29-22-21(17(3)26-29)27(15-20(30)25-19-12-10-16(2)11-13-19)24(32)28(23(22)31)14-18-8-6-5-7-9-18/h5-13H,4,14-15H2,1-3H3,(H,25,30). The third kappa shape index (κ3) is 3.99. The lowest BCUT2D eigenvalue weighted by atomic mass is 10.2. The third-order valence-corrected chi connectivity index (χ3v) is 5.40. The van der Waals surface area contributed by atoms with E-state index in [9.17, 15) is 14.4 Å². The second kappa shape index (κ2) is 8.66. The summed E-state index contributed by atoms with van der Waals surface area (Å²) >= 11 is 0. The molecule has 8 nitrogen and oxygen atoms in total. The summed E-state index contributed by atoms with van der Waals surface area (Å²) in [5.74, 6) is -0.356. The average Bonchev–Trinajstić information content (AvgIpc) is 3.13. The summed E-state index contributed by atoms with van der Waals surface area (Å²) in [5, 5.41) is 7.25. The second-order valence-corrected chi connectivity index (χ2v) is 7.76. The predicted molar refractivity (Wildman–Crippen MR) is 124 cm³/mol. The van der Waals surface area contributed by atoms with Crippen molar-refractivity contribution in [1.29, 1.82) is 0 Å². The monoisotopic (exact) mass is 431 g/mol. The molecule has 0 atom stereocenters. The van der Waals surface area contributed by atoms with Gasteiger partial charge in [0, 0.05) is 12.2 Å². The number of amides is 1. The number of nitrogens with one attached hydrogen (secondary N) is 1. The largest absolute Gasteiger partial charge is 0.332 e. The van der Waals surface area contributed by atoms with E-state index < -0.39 is 11.2 Å². The molecule has 0 bridgehead atoms. The number of hydrogen-bond donors (Lipinski definition) is 1. The van der Waals surface area contributed by atoms with Crippen molar-refractivity contribution in [2.45, 2.75) is 40.4 Å². The van der Waals surface area contributed by atoms with Crippen LogP contribution in [0.5, 0.6) is 0 Å². The van der Waals surface area contributed by atoms with Crippen molar-refractivity contribution in [1.82, 2.24) is 18.9 Å². The molecule has 2 aromatic carbocycles. The van der Waals surface area contributed by atoms with Crippen molar-refractivity contribution in [3.63, 3.8) is 0 Å². The Hall–Kier alpha value is -3.94. The molecule has 2 heterocycles. The highest BCUT2D eigenvalue weighted by atomic mass is 16.2. The minimum absolute atomic E-state index is 0.113. The molecular formula is C24H25N5O3. The van der Waals surface area contributed by atoms with E-state index >= 15 is 0 Å². The van der Waals surface area contributed by atoms with Crippen molar-refractivity contribution in [2.75, 3.05) is 5.32 Å². The molecule has 0 unspecified atom stereocenters. The van der Waals surface area contributed by atoms with E-state index in [-0.39, 0.29) is 19.0 Å². The lowest BCUT2D eigenvalue weighted by molar-refractivity contribution is -0.116. The van der Waals surface area contributed by atoms with Gasteiger partial charge in [-0.2, -0.15) is 5.10 Å². The molecule has 0 spiro atoms. The first kappa shape index (κ1) is 21.3. The Balaban J connectivity index is 1.82. The smallest absolute Gasteiger partial charge is 0.325 e. The fraction of sp³-hybridized carbons (Fsp3) is 0.250. The first-order valence-corrected chi connectivity index (χ1v) is 10.5. The summed E-state index contributed by atoms with van der Waals surface area (Å²) in [4.78, 5) is 39.5. The van der Waals surface area contributed by atoms with Gasteiger partial charge in [0.2, 0.25) is 5.91 Å². The van der Waals surface area contributed by atoms with E-state index in [1.54, 1.807) is 11.6 Å². The van der Waals surface area contributed by atoms with Crippen LogP contribution < -0.4 is 16.6 Å². The molecule has 0 fully saturated rings. The Kier molecular flexibility index (Phi) is 5.77. The molecule has 8 heteroatoms. The number of benzene rings is 2. The molecule has 32 heavy (non-hydrogen) atoms. The number of aryl methyl sites for hydroxylation is 3. The van der Waals surface area contributed by atoms with Gasteiger partial charge in [0.05, 0.1) is 12.2 Å². The minimum atomic E-state index is -0.538. The molecule has 0 aliphatic carbocycles. The molecule has 0 saturated carbocycles. The highest BCUT2D eigenvalue weighted by Gasteiger charge is 2.21. The van der Waals surface area contributed by atoms with E-state index in [0.29, 0.717) is 29.0 Å². The molecule has 1 amide bonds. The maximum atomic E-state index is 13.4. The molecule has 4 aromatic rings. The number of nitrogens with zero attached hydrogens (tertiary/aromatic N) is 4. The van der Waals surface area contributed by atoms with Crippen LogP contribution in [0.3, 0.4) is 0 Å². The van der Waals surface area contributed by atoms with E-state index in [1.807, 2.05) is 68.4 Å². The molecule has 0 aliphatic rings. The second-order valence-electron chi connectivity index (χ2n) is 7.76. The van der Waals surface area contributed by atoms with Gasteiger partial charge in [-0.05, 0) is 38.5 Å². The van der Waals surface area contributed by atoms with Crippen LogP contribution in [0, 0.1) is 13.8 Å². The fourth-order valence-electron chi connectivity index (χ4n) is 3.82. The highest BCUT2D eigenvalue weighted by molar-refractivity contribution is 5.91. The molecular weight excluding hydrogens is 406 g/mol. The van der Waals surface area contributed by atoms with Gasteiger partial charge in [0.1, 0.15) is 12.1 Å². The van der Waals surface area contributed by atoms with Crippen LogP contribution in [0.4, 0.5) is 5.69 Å². The molecule has 0 radical (unpaired) electrons. The van der Waals surface area contributed by atoms with E-state index in [4.69, 9.17) is 0 Å². The van der Waals surface area contributed by atoms with Gasteiger partial charge in [0.25, 0.3) is 5.56 Å². The SMILES string of the molecule is CCn1nc(C)c2c1c(=O)n(Cc1ccccc1)c(=O)n2CC(=O)Nc1ccc(C)cc1. The first-order chi connectivity index (χ1) is 15.4. The summed E-state index contributed by atoms with van der Waals surface area (Å²) in [5.41, 5.74) is 2.84. The van der Waals surface area contributed by atoms with Crippen LogP contribution >= 0.6 is 0 Å². The molecule has 0 aliphatic heterocycles. The van der Waals surface area contributed by atoms with Crippen LogP contribution in [0.15, 0.2) is 64.2 Å². The van der Waals surface area contributed by atoms with Gasteiger partial charge in [-0.25, -0.2) is 4.79 Å². The number of carbonyl (C=O) groups excluding carboxylic acids is 1. The van der Waals surface area contributed by atoms with Gasteiger partial charge in [-0.15, -0.1) is 0 Å². The predicted octanol–water partition coefficient (Wildman–Crippen LogP) is 2.68. The summed E-state index contributed by atoms with van der Waals surface area (Å²) in [6.45, 7) is 5.94. The normalized spacial score (nSPS) is 11.1. The van der Waals surface area contributed by atoms with Gasteiger partial charge in [-0.3, -0.25) is 23.4 Å². The maximum Gasteiger partial charge on any atom is 0.332 e. The van der Waals surface area contributed by atoms with Crippen molar-refractivity contribution in [3.05, 3.63) is 92.3 Å². The minimum Gasteiger partial charge on any atom is -0.325 e. The van der Waals surface area contributed by atoms with E-state index in [2.05, 4.69) is 10.4 Å². The van der Waals surface area contributed by atoms with Gasteiger partial charge >= 0.3 is 5.69 Å². The number of aromatic nitrogens is 4. The van der Waals surface area contributed by atoms with Crippen LogP contribution in [0.2, 0.25) is 0 Å². The lowest BCUT2D eigenvalue weighted by Gasteiger charge is -2.13. The maximum absolute atomic E-state index is 13.4. The van der Waals surface area contributed by atoms with Crippen LogP contribution in [-0.4, -0.2) is 24.8 Å². The number of hydrogen-bond acceptors (Lipinski definition) is 4. The Morgan fingerprint density at radius 3 is 2.28 bits per heavy atom. The van der Waals surface area contributed by atoms with Crippen molar-refractivity contribution in [3.8, 4) is 0 Å². The van der Waals surface area contributed by atoms with Crippen LogP contribution in [0.25, 0.3) is 11.0 Å².